The quantitative estimate of drug-likeness (QED) is 0.170. The molecule has 5 rings (SSSR count). The molecule has 1 aliphatic rings. The Labute approximate surface area is 280 Å². The Morgan fingerprint density at radius 2 is 1.44 bits per heavy atom. The fourth-order valence-electron chi connectivity index (χ4n) is 5.85. The average molecular weight is 676 g/mol. The van der Waals surface area contributed by atoms with Crippen LogP contribution >= 0.6 is 0 Å². The summed E-state index contributed by atoms with van der Waals surface area (Å²) in [5, 5.41) is 3.11. The number of halogens is 2. The molecule has 1 N–H and O–H groups in total. The lowest BCUT2D eigenvalue weighted by molar-refractivity contribution is -0.140. The Morgan fingerprint density at radius 3 is 2.04 bits per heavy atom. The molecule has 4 aromatic carbocycles. The molecule has 1 aliphatic carbocycles. The van der Waals surface area contributed by atoms with Gasteiger partial charge in [-0.25, -0.2) is 17.2 Å². The normalized spacial score (nSPS) is 13.9. The smallest absolute Gasteiger partial charge is 0.264 e. The Morgan fingerprint density at radius 1 is 0.833 bits per heavy atom. The number of sulfonamides is 1. The van der Waals surface area contributed by atoms with Gasteiger partial charge in [0.1, 0.15) is 30.0 Å². The number of nitrogens with one attached hydrogen (secondary N) is 1. The molecule has 1 atom stereocenters. The lowest BCUT2D eigenvalue weighted by Crippen LogP contribution is -2.54. The van der Waals surface area contributed by atoms with Crippen molar-refractivity contribution >= 4 is 27.5 Å². The number of benzene rings is 4. The van der Waals surface area contributed by atoms with E-state index in [2.05, 4.69) is 5.32 Å². The van der Waals surface area contributed by atoms with Crippen molar-refractivity contribution in [3.05, 3.63) is 126 Å². The largest absolute Gasteiger partial charge is 0.494 e. The standard InChI is InChI=1S/C37H39F2N3O5S/c1-2-47-33-20-22-34(23-21-33)48(45,46)42(32-18-16-30(39)17-19-32)26-36(43)41(25-28-12-14-29(38)15-13-28)35(24-27-8-4-3-5-9-27)37(44)40-31-10-6-7-11-31/h3-5,8-9,12-23,31,35H,2,6-7,10-11,24-26H2,1H3,(H,40,44)/t35-/m1/s1. The number of nitrogens with zero attached hydrogens (tertiary/aromatic N) is 2. The van der Waals surface area contributed by atoms with Gasteiger partial charge < -0.3 is 15.0 Å². The van der Waals surface area contributed by atoms with Crippen molar-refractivity contribution in [2.75, 3.05) is 17.5 Å². The van der Waals surface area contributed by atoms with E-state index in [1.165, 1.54) is 65.6 Å². The highest BCUT2D eigenvalue weighted by Crippen LogP contribution is 2.27. The third kappa shape index (κ3) is 8.77. The number of hydrogen-bond acceptors (Lipinski definition) is 5. The van der Waals surface area contributed by atoms with Crippen LogP contribution in [0.3, 0.4) is 0 Å². The highest BCUT2D eigenvalue weighted by Gasteiger charge is 2.35. The topological polar surface area (TPSA) is 96.0 Å². The van der Waals surface area contributed by atoms with E-state index >= 15 is 0 Å². The first kappa shape index (κ1) is 34.6. The van der Waals surface area contributed by atoms with E-state index in [4.69, 9.17) is 4.74 Å². The Balaban J connectivity index is 1.55. The second kappa shape index (κ2) is 15.9. The van der Waals surface area contributed by atoms with Crippen molar-refractivity contribution < 1.29 is 31.5 Å². The Hall–Kier alpha value is -4.77. The zero-order chi connectivity index (χ0) is 34.1. The molecule has 4 aromatic rings. The number of hydrogen-bond donors (Lipinski definition) is 1. The van der Waals surface area contributed by atoms with E-state index in [1.54, 1.807) is 0 Å². The van der Waals surface area contributed by atoms with Gasteiger partial charge in [-0.15, -0.1) is 0 Å². The molecule has 2 amide bonds. The van der Waals surface area contributed by atoms with E-state index in [9.17, 15) is 26.8 Å². The minimum absolute atomic E-state index is 0.0331. The molecule has 1 saturated carbocycles. The molecule has 0 heterocycles. The summed E-state index contributed by atoms with van der Waals surface area (Å²) in [5.74, 6) is -1.58. The number of rotatable bonds is 14. The fraction of sp³-hybridized carbons (Fsp3) is 0.297. The van der Waals surface area contributed by atoms with Crippen LogP contribution in [0, 0.1) is 11.6 Å². The first-order chi connectivity index (χ1) is 23.1. The summed E-state index contributed by atoms with van der Waals surface area (Å²) in [5.41, 5.74) is 1.42. The van der Waals surface area contributed by atoms with Crippen LogP contribution in [0.1, 0.15) is 43.7 Å². The lowest BCUT2D eigenvalue weighted by atomic mass is 10.0. The van der Waals surface area contributed by atoms with Crippen molar-refractivity contribution in [1.82, 2.24) is 10.2 Å². The number of carbonyl (C=O) groups is 2. The molecule has 0 aromatic heterocycles. The molecule has 48 heavy (non-hydrogen) atoms. The SMILES string of the molecule is CCOc1ccc(S(=O)(=O)N(CC(=O)N(Cc2ccc(F)cc2)[C@H](Cc2ccccc2)C(=O)NC2CCCC2)c2ccc(F)cc2)cc1. The zero-order valence-electron chi connectivity index (χ0n) is 26.7. The van der Waals surface area contributed by atoms with Crippen molar-refractivity contribution in [2.45, 2.75) is 62.6 Å². The van der Waals surface area contributed by atoms with Crippen LogP contribution < -0.4 is 14.4 Å². The van der Waals surface area contributed by atoms with Crippen LogP contribution in [-0.4, -0.2) is 50.4 Å². The zero-order valence-corrected chi connectivity index (χ0v) is 27.5. The average Bonchev–Trinajstić information content (AvgIpc) is 3.60. The summed E-state index contributed by atoms with van der Waals surface area (Å²) in [7, 11) is -4.37. The molecule has 252 valence electrons. The monoisotopic (exact) mass is 675 g/mol. The summed E-state index contributed by atoms with van der Waals surface area (Å²) in [6, 6.07) is 24.4. The minimum atomic E-state index is -4.37. The molecule has 8 nitrogen and oxygen atoms in total. The summed E-state index contributed by atoms with van der Waals surface area (Å²) >= 11 is 0. The lowest BCUT2D eigenvalue weighted by Gasteiger charge is -2.34. The van der Waals surface area contributed by atoms with Crippen LogP contribution in [-0.2, 0) is 32.6 Å². The van der Waals surface area contributed by atoms with Gasteiger partial charge >= 0.3 is 0 Å². The maximum atomic E-state index is 14.5. The van der Waals surface area contributed by atoms with Crippen LogP contribution in [0.2, 0.25) is 0 Å². The molecule has 0 radical (unpaired) electrons. The second-order valence-corrected chi connectivity index (χ2v) is 13.6. The van der Waals surface area contributed by atoms with E-state index < -0.39 is 40.2 Å². The number of carbonyl (C=O) groups excluding carboxylic acids is 2. The van der Waals surface area contributed by atoms with Crippen LogP contribution in [0.4, 0.5) is 14.5 Å². The van der Waals surface area contributed by atoms with Crippen molar-refractivity contribution in [3.8, 4) is 5.75 Å². The Bertz CT molecular complexity index is 1760. The van der Waals surface area contributed by atoms with E-state index in [0.717, 1.165) is 47.7 Å². The van der Waals surface area contributed by atoms with Crippen LogP contribution in [0.15, 0.2) is 108 Å². The summed E-state index contributed by atoms with van der Waals surface area (Å²) in [6.45, 7) is 1.42. The molecule has 11 heteroatoms. The van der Waals surface area contributed by atoms with Gasteiger partial charge in [0.25, 0.3) is 10.0 Å². The first-order valence-corrected chi connectivity index (χ1v) is 17.5. The van der Waals surface area contributed by atoms with Gasteiger partial charge in [-0.3, -0.25) is 13.9 Å². The number of ether oxygens (including phenoxy) is 1. The molecule has 1 fully saturated rings. The predicted molar refractivity (Wildman–Crippen MR) is 180 cm³/mol. The second-order valence-electron chi connectivity index (χ2n) is 11.7. The van der Waals surface area contributed by atoms with Gasteiger partial charge in [0.15, 0.2) is 0 Å². The molecule has 0 saturated heterocycles. The van der Waals surface area contributed by atoms with Gasteiger partial charge in [-0.05, 0) is 91.6 Å². The number of amides is 2. The third-order valence-corrected chi connectivity index (χ3v) is 10.1. The highest BCUT2D eigenvalue weighted by molar-refractivity contribution is 7.92. The van der Waals surface area contributed by atoms with Gasteiger partial charge in [-0.1, -0.05) is 55.3 Å². The van der Waals surface area contributed by atoms with Crippen LogP contribution in [0.5, 0.6) is 5.75 Å². The van der Waals surface area contributed by atoms with Gasteiger partial charge in [0.2, 0.25) is 11.8 Å². The molecule has 0 bridgehead atoms. The maximum Gasteiger partial charge on any atom is 0.264 e. The van der Waals surface area contributed by atoms with E-state index in [0.29, 0.717) is 17.9 Å². The molecule has 0 unspecified atom stereocenters. The minimum Gasteiger partial charge on any atom is -0.494 e. The van der Waals surface area contributed by atoms with E-state index in [-0.39, 0.29) is 35.5 Å². The first-order valence-electron chi connectivity index (χ1n) is 16.0. The van der Waals surface area contributed by atoms with Crippen molar-refractivity contribution in [2.24, 2.45) is 0 Å². The molecular formula is C37H39F2N3O5S. The summed E-state index contributed by atoms with van der Waals surface area (Å²) in [4.78, 5) is 29.8. The molecular weight excluding hydrogens is 636 g/mol. The van der Waals surface area contributed by atoms with Gasteiger partial charge in [-0.2, -0.15) is 0 Å². The van der Waals surface area contributed by atoms with Gasteiger partial charge in [0, 0.05) is 19.0 Å². The van der Waals surface area contributed by atoms with Crippen LogP contribution in [0.25, 0.3) is 0 Å². The molecule has 0 spiro atoms. The maximum absolute atomic E-state index is 14.5. The molecule has 0 aliphatic heterocycles. The fourth-order valence-corrected chi connectivity index (χ4v) is 7.26. The summed E-state index contributed by atoms with van der Waals surface area (Å²) in [6.07, 6.45) is 3.79. The Kier molecular flexibility index (Phi) is 11.4. The van der Waals surface area contributed by atoms with Crippen molar-refractivity contribution in [3.63, 3.8) is 0 Å². The summed E-state index contributed by atoms with van der Waals surface area (Å²) < 4.78 is 62.6. The van der Waals surface area contributed by atoms with Gasteiger partial charge in [0.05, 0.1) is 17.2 Å². The van der Waals surface area contributed by atoms with E-state index in [1.807, 2.05) is 37.3 Å². The highest BCUT2D eigenvalue weighted by atomic mass is 32.2. The van der Waals surface area contributed by atoms with Crippen molar-refractivity contribution in [1.29, 1.82) is 0 Å². The number of anilines is 1. The third-order valence-electron chi connectivity index (χ3n) is 8.36. The predicted octanol–water partition coefficient (Wildman–Crippen LogP) is 6.26.